The summed E-state index contributed by atoms with van der Waals surface area (Å²) >= 11 is 0. The first-order valence-corrected chi connectivity index (χ1v) is 8.41. The van der Waals surface area contributed by atoms with Crippen LogP contribution in [-0.2, 0) is 0 Å². The van der Waals surface area contributed by atoms with E-state index < -0.39 is 0 Å². The molecule has 21 heavy (non-hydrogen) atoms. The highest BCUT2D eigenvalue weighted by molar-refractivity contribution is 14.0. The van der Waals surface area contributed by atoms with Crippen LogP contribution in [0.4, 0.5) is 0 Å². The largest absolute Gasteiger partial charge is 0.370 e. The first-order valence-electron chi connectivity index (χ1n) is 8.41. The molecule has 0 aliphatic carbocycles. The topological polar surface area (TPSA) is 53.6 Å². The summed E-state index contributed by atoms with van der Waals surface area (Å²) in [5.74, 6) is 1.50. The van der Waals surface area contributed by atoms with Crippen LogP contribution in [0.5, 0.6) is 0 Å². The molecule has 0 aromatic rings. The van der Waals surface area contributed by atoms with Gasteiger partial charge in [0.1, 0.15) is 0 Å². The van der Waals surface area contributed by atoms with Crippen LogP contribution in [0.25, 0.3) is 0 Å². The van der Waals surface area contributed by atoms with Crippen molar-refractivity contribution in [2.75, 3.05) is 26.2 Å². The van der Waals surface area contributed by atoms with E-state index in [1.165, 1.54) is 51.6 Å². The highest BCUT2D eigenvalue weighted by Crippen LogP contribution is 2.17. The summed E-state index contributed by atoms with van der Waals surface area (Å²) < 4.78 is 0. The van der Waals surface area contributed by atoms with Crippen molar-refractivity contribution in [2.45, 2.75) is 65.3 Å². The summed E-state index contributed by atoms with van der Waals surface area (Å²) in [6, 6.07) is 0.503. The van der Waals surface area contributed by atoms with Gasteiger partial charge in [-0.05, 0) is 45.2 Å². The van der Waals surface area contributed by atoms with E-state index >= 15 is 0 Å². The molecule has 1 aliphatic heterocycles. The van der Waals surface area contributed by atoms with Crippen LogP contribution in [0.1, 0.15) is 59.3 Å². The molecule has 0 amide bonds. The van der Waals surface area contributed by atoms with Crippen LogP contribution in [-0.4, -0.2) is 43.1 Å². The van der Waals surface area contributed by atoms with Crippen molar-refractivity contribution in [3.05, 3.63) is 0 Å². The molecule has 1 unspecified atom stereocenters. The van der Waals surface area contributed by atoms with Gasteiger partial charge in [-0.25, -0.2) is 0 Å². The molecule has 0 aromatic heterocycles. The lowest BCUT2D eigenvalue weighted by Crippen LogP contribution is -2.42. The minimum atomic E-state index is 0. The number of piperidine rings is 1. The molecular formula is C16H35IN4. The first kappa shape index (κ1) is 21.0. The molecule has 5 heteroatoms. The molecule has 126 valence electrons. The molecular weight excluding hydrogens is 375 g/mol. The predicted molar refractivity (Wildman–Crippen MR) is 103 cm³/mol. The van der Waals surface area contributed by atoms with E-state index in [0.29, 0.717) is 12.0 Å². The van der Waals surface area contributed by atoms with Crippen molar-refractivity contribution in [3.63, 3.8) is 0 Å². The van der Waals surface area contributed by atoms with Gasteiger partial charge in [0.2, 0.25) is 0 Å². The van der Waals surface area contributed by atoms with Gasteiger partial charge in [-0.15, -0.1) is 24.0 Å². The smallest absolute Gasteiger partial charge is 0.188 e. The number of rotatable bonds is 8. The molecule has 1 fully saturated rings. The fourth-order valence-electron chi connectivity index (χ4n) is 2.64. The summed E-state index contributed by atoms with van der Waals surface area (Å²) in [5, 5.41) is 3.22. The quantitative estimate of drug-likeness (QED) is 0.280. The highest BCUT2D eigenvalue weighted by Gasteiger charge is 2.19. The Morgan fingerprint density at radius 2 is 1.95 bits per heavy atom. The van der Waals surface area contributed by atoms with Gasteiger partial charge >= 0.3 is 0 Å². The van der Waals surface area contributed by atoms with Gasteiger partial charge in [-0.3, -0.25) is 9.89 Å². The van der Waals surface area contributed by atoms with Gasteiger partial charge < -0.3 is 11.1 Å². The summed E-state index contributed by atoms with van der Waals surface area (Å²) in [6.45, 7) is 11.0. The van der Waals surface area contributed by atoms with Gasteiger partial charge in [0.25, 0.3) is 0 Å². The lowest BCUT2D eigenvalue weighted by molar-refractivity contribution is 0.150. The van der Waals surface area contributed by atoms with E-state index in [-0.39, 0.29) is 24.0 Å². The zero-order valence-electron chi connectivity index (χ0n) is 14.1. The number of guanidine groups is 1. The number of unbranched alkanes of at least 4 members (excludes halogenated alkanes) is 3. The number of halogens is 1. The number of aliphatic imine (C=N–C) groups is 1. The predicted octanol–water partition coefficient (Wildman–Crippen LogP) is 3.21. The van der Waals surface area contributed by atoms with E-state index in [1.54, 1.807) is 0 Å². The Morgan fingerprint density at radius 1 is 1.29 bits per heavy atom. The van der Waals surface area contributed by atoms with E-state index in [4.69, 9.17) is 5.73 Å². The molecule has 0 radical (unpaired) electrons. The van der Waals surface area contributed by atoms with Crippen LogP contribution in [0.15, 0.2) is 4.99 Å². The maximum Gasteiger partial charge on any atom is 0.188 e. The first-order chi connectivity index (χ1) is 9.63. The molecule has 1 atom stereocenters. The number of nitrogens with zero attached hydrogens (tertiary/aromatic N) is 2. The fourth-order valence-corrected chi connectivity index (χ4v) is 2.64. The second-order valence-corrected chi connectivity index (χ2v) is 6.28. The third-order valence-electron chi connectivity index (χ3n) is 4.30. The highest BCUT2D eigenvalue weighted by atomic mass is 127. The third kappa shape index (κ3) is 9.55. The summed E-state index contributed by atoms with van der Waals surface area (Å²) in [4.78, 5) is 7.02. The Kier molecular flexibility index (Phi) is 12.5. The van der Waals surface area contributed by atoms with Crippen molar-refractivity contribution in [1.29, 1.82) is 0 Å². The van der Waals surface area contributed by atoms with Gasteiger partial charge in [0.15, 0.2) is 5.96 Å². The minimum Gasteiger partial charge on any atom is -0.370 e. The molecule has 0 saturated carbocycles. The number of likely N-dealkylation sites (tertiary alicyclic amines) is 1. The van der Waals surface area contributed by atoms with Gasteiger partial charge in [-0.2, -0.15) is 0 Å². The summed E-state index contributed by atoms with van der Waals surface area (Å²) in [7, 11) is 0. The second-order valence-electron chi connectivity index (χ2n) is 6.28. The molecule has 1 heterocycles. The number of nitrogens with two attached hydrogens (primary N) is 1. The Bertz CT molecular complexity index is 275. The molecule has 1 aliphatic rings. The normalized spacial score (nSPS) is 19.1. The molecule has 0 aromatic carbocycles. The lowest BCUT2D eigenvalue weighted by atomic mass is 9.98. The van der Waals surface area contributed by atoms with Gasteiger partial charge in [0, 0.05) is 12.6 Å². The third-order valence-corrected chi connectivity index (χ3v) is 4.30. The Labute approximate surface area is 148 Å². The zero-order chi connectivity index (χ0) is 14.8. The zero-order valence-corrected chi connectivity index (χ0v) is 16.4. The molecule has 4 nitrogen and oxygen atoms in total. The Morgan fingerprint density at radius 3 is 2.57 bits per heavy atom. The number of hydrogen-bond donors (Lipinski definition) is 2. The average molecular weight is 410 g/mol. The van der Waals surface area contributed by atoms with Crippen LogP contribution in [0, 0.1) is 5.92 Å². The number of hydrogen-bond acceptors (Lipinski definition) is 2. The van der Waals surface area contributed by atoms with E-state index in [0.717, 1.165) is 19.0 Å². The van der Waals surface area contributed by atoms with Crippen molar-refractivity contribution >= 4 is 29.9 Å². The SMILES string of the molecule is CCCCCCNC(N)=NCC(C)N1CCC(C)CC1.I. The Hall–Kier alpha value is -0.0400. The van der Waals surface area contributed by atoms with Gasteiger partial charge in [-0.1, -0.05) is 33.1 Å². The summed E-state index contributed by atoms with van der Waals surface area (Å²) in [5.41, 5.74) is 5.91. The minimum absolute atomic E-state index is 0. The molecule has 1 rings (SSSR count). The average Bonchev–Trinajstić information content (AvgIpc) is 2.45. The van der Waals surface area contributed by atoms with E-state index in [2.05, 4.69) is 36.0 Å². The molecule has 3 N–H and O–H groups in total. The molecule has 0 spiro atoms. The van der Waals surface area contributed by atoms with Crippen molar-refractivity contribution in [2.24, 2.45) is 16.6 Å². The molecule has 0 bridgehead atoms. The van der Waals surface area contributed by atoms with Crippen LogP contribution in [0.2, 0.25) is 0 Å². The van der Waals surface area contributed by atoms with Crippen molar-refractivity contribution < 1.29 is 0 Å². The van der Waals surface area contributed by atoms with Crippen molar-refractivity contribution in [1.82, 2.24) is 10.2 Å². The fraction of sp³-hybridized carbons (Fsp3) is 0.938. The van der Waals surface area contributed by atoms with Crippen molar-refractivity contribution in [3.8, 4) is 0 Å². The Balaban J connectivity index is 0.00000400. The standard InChI is InChI=1S/C16H34N4.HI/c1-4-5-6-7-10-18-16(17)19-13-15(3)20-11-8-14(2)9-12-20;/h14-15H,4-13H2,1-3H3,(H3,17,18,19);1H. The van der Waals surface area contributed by atoms with E-state index in [1.807, 2.05) is 0 Å². The maximum atomic E-state index is 5.91. The second kappa shape index (κ2) is 12.5. The molecule has 1 saturated heterocycles. The maximum absolute atomic E-state index is 5.91. The van der Waals surface area contributed by atoms with Crippen LogP contribution < -0.4 is 11.1 Å². The summed E-state index contributed by atoms with van der Waals surface area (Å²) in [6.07, 6.45) is 7.68. The monoisotopic (exact) mass is 410 g/mol. The van der Waals surface area contributed by atoms with Crippen LogP contribution in [0.3, 0.4) is 0 Å². The van der Waals surface area contributed by atoms with Gasteiger partial charge in [0.05, 0.1) is 6.54 Å². The van der Waals surface area contributed by atoms with E-state index in [9.17, 15) is 0 Å². The lowest BCUT2D eigenvalue weighted by Gasteiger charge is -2.34. The van der Waals surface area contributed by atoms with Crippen LogP contribution >= 0.6 is 24.0 Å². The number of nitrogens with one attached hydrogen (secondary N) is 1.